The summed E-state index contributed by atoms with van der Waals surface area (Å²) in [5.74, 6) is -0.0395. The first-order valence-corrected chi connectivity index (χ1v) is 10.4. The van der Waals surface area contributed by atoms with Gasteiger partial charge in [0.1, 0.15) is 0 Å². The van der Waals surface area contributed by atoms with Crippen molar-refractivity contribution in [2.24, 2.45) is 5.92 Å². The minimum atomic E-state index is -0.279. The standard InChI is InChI=1S/C24H26N2O3/c1-2-29-24(28)18-12-14-26(15-13-18)22(17-8-4-3-5-9-17)23(27)20-16-25-21-11-7-6-10-19(20)21/h3-11,16,18,22,25H,2,12-15H2,1H3/p+1/t22-/m0/s1. The molecule has 1 saturated heterocycles. The van der Waals surface area contributed by atoms with Gasteiger partial charge in [-0.05, 0) is 13.0 Å². The molecule has 0 spiro atoms. The number of rotatable bonds is 6. The maximum atomic E-state index is 13.7. The molecule has 0 aliphatic carbocycles. The van der Waals surface area contributed by atoms with Crippen molar-refractivity contribution in [2.75, 3.05) is 19.7 Å². The van der Waals surface area contributed by atoms with Gasteiger partial charge in [0.15, 0.2) is 6.04 Å². The Morgan fingerprint density at radius 3 is 2.48 bits per heavy atom. The Kier molecular flexibility index (Phi) is 5.76. The van der Waals surface area contributed by atoms with E-state index in [0.717, 1.165) is 48.0 Å². The van der Waals surface area contributed by atoms with Crippen LogP contribution in [0.4, 0.5) is 0 Å². The molecule has 0 radical (unpaired) electrons. The number of likely N-dealkylation sites (tertiary alicyclic amines) is 1. The van der Waals surface area contributed by atoms with Crippen molar-refractivity contribution in [3.8, 4) is 0 Å². The van der Waals surface area contributed by atoms with Gasteiger partial charge >= 0.3 is 5.97 Å². The van der Waals surface area contributed by atoms with Crippen LogP contribution in [0.25, 0.3) is 10.9 Å². The first-order chi connectivity index (χ1) is 14.2. The highest BCUT2D eigenvalue weighted by Crippen LogP contribution is 2.24. The fraction of sp³-hybridized carbons (Fsp3) is 0.333. The van der Waals surface area contributed by atoms with Gasteiger partial charge in [0, 0.05) is 41.1 Å². The monoisotopic (exact) mass is 391 g/mol. The zero-order valence-electron chi connectivity index (χ0n) is 16.7. The Balaban J connectivity index is 1.62. The number of benzene rings is 2. The number of aromatic amines is 1. The van der Waals surface area contributed by atoms with Gasteiger partial charge in [-0.15, -0.1) is 0 Å². The number of quaternary nitrogens is 1. The Hall–Kier alpha value is -2.92. The van der Waals surface area contributed by atoms with Gasteiger partial charge in [0.05, 0.1) is 25.6 Å². The van der Waals surface area contributed by atoms with Gasteiger partial charge in [-0.3, -0.25) is 9.59 Å². The number of nitrogens with one attached hydrogen (secondary N) is 2. The molecule has 0 unspecified atom stereocenters. The Bertz CT molecular complexity index is 988. The molecule has 29 heavy (non-hydrogen) atoms. The topological polar surface area (TPSA) is 63.6 Å². The number of carbonyl (C=O) groups is 2. The maximum Gasteiger partial charge on any atom is 0.309 e. The summed E-state index contributed by atoms with van der Waals surface area (Å²) in [6.07, 6.45) is 3.32. The van der Waals surface area contributed by atoms with Crippen LogP contribution >= 0.6 is 0 Å². The number of hydrogen-bond acceptors (Lipinski definition) is 3. The van der Waals surface area contributed by atoms with Gasteiger partial charge in [0.25, 0.3) is 0 Å². The number of aromatic nitrogens is 1. The number of ketones is 1. The van der Waals surface area contributed by atoms with Crippen molar-refractivity contribution in [2.45, 2.75) is 25.8 Å². The fourth-order valence-corrected chi connectivity index (χ4v) is 4.42. The molecule has 0 saturated carbocycles. The molecule has 2 N–H and O–H groups in total. The maximum absolute atomic E-state index is 13.7. The van der Waals surface area contributed by atoms with Crippen LogP contribution in [0.15, 0.2) is 60.8 Å². The third-order valence-electron chi connectivity index (χ3n) is 5.91. The molecule has 5 heteroatoms. The SMILES string of the molecule is CCOC(=O)C1CC[NH+]([C@H](C(=O)c2c[nH]c3ccccc23)c2ccccc2)CC1. The predicted molar refractivity (Wildman–Crippen MR) is 112 cm³/mol. The molecule has 2 aromatic carbocycles. The van der Waals surface area contributed by atoms with E-state index in [4.69, 9.17) is 4.74 Å². The van der Waals surface area contributed by atoms with E-state index in [1.165, 1.54) is 4.90 Å². The molecule has 1 fully saturated rings. The number of Topliss-reactive ketones (excluding diaryl/α,β-unsaturated/α-hetero) is 1. The lowest BCUT2D eigenvalue weighted by atomic mass is 9.91. The van der Waals surface area contributed by atoms with E-state index < -0.39 is 0 Å². The summed E-state index contributed by atoms with van der Waals surface area (Å²) in [4.78, 5) is 30.3. The number of fused-ring (bicyclic) bond motifs is 1. The van der Waals surface area contributed by atoms with Crippen LogP contribution in [0.1, 0.15) is 41.7 Å². The molecule has 1 aliphatic heterocycles. The molecule has 2 heterocycles. The van der Waals surface area contributed by atoms with Crippen molar-refractivity contribution < 1.29 is 19.2 Å². The highest BCUT2D eigenvalue weighted by molar-refractivity contribution is 6.10. The van der Waals surface area contributed by atoms with Crippen LogP contribution < -0.4 is 4.90 Å². The van der Waals surface area contributed by atoms with Crippen LogP contribution in [-0.2, 0) is 9.53 Å². The van der Waals surface area contributed by atoms with Crippen molar-refractivity contribution >= 4 is 22.7 Å². The number of piperidine rings is 1. The number of carbonyl (C=O) groups excluding carboxylic acids is 2. The van der Waals surface area contributed by atoms with Crippen molar-refractivity contribution in [1.29, 1.82) is 0 Å². The summed E-state index contributed by atoms with van der Waals surface area (Å²) in [6, 6.07) is 17.6. The van der Waals surface area contributed by atoms with E-state index in [9.17, 15) is 9.59 Å². The minimum absolute atomic E-state index is 0.0571. The van der Waals surface area contributed by atoms with E-state index in [2.05, 4.69) is 4.98 Å². The van der Waals surface area contributed by atoms with Gasteiger partial charge in [-0.1, -0.05) is 48.5 Å². The van der Waals surface area contributed by atoms with E-state index in [-0.39, 0.29) is 23.7 Å². The number of para-hydroxylation sites is 1. The normalized spacial score (nSPS) is 20.3. The quantitative estimate of drug-likeness (QED) is 0.502. The number of H-pyrrole nitrogens is 1. The van der Waals surface area contributed by atoms with E-state index in [0.29, 0.717) is 6.61 Å². The van der Waals surface area contributed by atoms with Crippen LogP contribution in [0.3, 0.4) is 0 Å². The highest BCUT2D eigenvalue weighted by Gasteiger charge is 2.37. The lowest BCUT2D eigenvalue weighted by molar-refractivity contribution is -0.926. The smallest absolute Gasteiger partial charge is 0.309 e. The molecule has 1 aromatic heterocycles. The van der Waals surface area contributed by atoms with E-state index >= 15 is 0 Å². The lowest BCUT2D eigenvalue weighted by Gasteiger charge is -2.33. The van der Waals surface area contributed by atoms with Gasteiger partial charge in [-0.25, -0.2) is 0 Å². The first kappa shape index (κ1) is 19.4. The largest absolute Gasteiger partial charge is 0.466 e. The molecule has 150 valence electrons. The predicted octanol–water partition coefficient (Wildman–Crippen LogP) is 2.95. The molecule has 0 bridgehead atoms. The lowest BCUT2D eigenvalue weighted by Crippen LogP contribution is -3.14. The van der Waals surface area contributed by atoms with Crippen LogP contribution in [0, 0.1) is 5.92 Å². The summed E-state index contributed by atoms with van der Waals surface area (Å²) in [5.41, 5.74) is 2.72. The third kappa shape index (κ3) is 3.96. The molecule has 0 amide bonds. The van der Waals surface area contributed by atoms with E-state index in [1.807, 2.05) is 67.7 Å². The molecular weight excluding hydrogens is 364 g/mol. The third-order valence-corrected chi connectivity index (χ3v) is 5.91. The second-order valence-corrected chi connectivity index (χ2v) is 7.64. The van der Waals surface area contributed by atoms with Crippen LogP contribution in [0.2, 0.25) is 0 Å². The molecule has 4 rings (SSSR count). The summed E-state index contributed by atoms with van der Waals surface area (Å²) >= 11 is 0. The second kappa shape index (κ2) is 8.62. The van der Waals surface area contributed by atoms with E-state index in [1.54, 1.807) is 0 Å². The van der Waals surface area contributed by atoms with Crippen molar-refractivity contribution in [3.05, 3.63) is 71.9 Å². The Morgan fingerprint density at radius 2 is 1.76 bits per heavy atom. The van der Waals surface area contributed by atoms with Gasteiger partial charge in [0.2, 0.25) is 5.78 Å². The highest BCUT2D eigenvalue weighted by atomic mass is 16.5. The molecule has 1 aliphatic rings. The van der Waals surface area contributed by atoms with Gasteiger partial charge < -0.3 is 14.6 Å². The number of ether oxygens (including phenoxy) is 1. The average Bonchev–Trinajstić information content (AvgIpc) is 3.19. The summed E-state index contributed by atoms with van der Waals surface area (Å²) in [7, 11) is 0. The number of esters is 1. The number of hydrogen-bond donors (Lipinski definition) is 2. The molecule has 5 nitrogen and oxygen atoms in total. The van der Waals surface area contributed by atoms with Crippen molar-refractivity contribution in [1.82, 2.24) is 4.98 Å². The van der Waals surface area contributed by atoms with Crippen LogP contribution in [-0.4, -0.2) is 36.4 Å². The van der Waals surface area contributed by atoms with Gasteiger partial charge in [-0.2, -0.15) is 0 Å². The Morgan fingerprint density at radius 1 is 1.07 bits per heavy atom. The average molecular weight is 391 g/mol. The summed E-state index contributed by atoms with van der Waals surface area (Å²) < 4.78 is 5.20. The minimum Gasteiger partial charge on any atom is -0.466 e. The summed E-state index contributed by atoms with van der Waals surface area (Å²) in [6.45, 7) is 3.80. The fourth-order valence-electron chi connectivity index (χ4n) is 4.42. The second-order valence-electron chi connectivity index (χ2n) is 7.64. The first-order valence-electron chi connectivity index (χ1n) is 10.4. The molecular formula is C24H27N2O3+. The molecule has 1 atom stereocenters. The van der Waals surface area contributed by atoms with Crippen molar-refractivity contribution in [3.63, 3.8) is 0 Å². The summed E-state index contributed by atoms with van der Waals surface area (Å²) in [5, 5.41) is 0.958. The zero-order valence-corrected chi connectivity index (χ0v) is 16.7. The zero-order chi connectivity index (χ0) is 20.2. The molecule has 3 aromatic rings. The Labute approximate surface area is 170 Å². The van der Waals surface area contributed by atoms with Crippen LogP contribution in [0.5, 0.6) is 0 Å².